The van der Waals surface area contributed by atoms with Gasteiger partial charge < -0.3 is 4.74 Å². The maximum Gasteiger partial charge on any atom is 0.162 e. The van der Waals surface area contributed by atoms with E-state index in [4.69, 9.17) is 4.74 Å². The van der Waals surface area contributed by atoms with Crippen LogP contribution in [-0.4, -0.2) is 5.78 Å². The Kier molecular flexibility index (Phi) is 2.42. The summed E-state index contributed by atoms with van der Waals surface area (Å²) < 4.78 is 5.43. The number of hydrogen-bond acceptors (Lipinski definition) is 3. The van der Waals surface area contributed by atoms with Gasteiger partial charge in [0.05, 0.1) is 12.7 Å². The van der Waals surface area contributed by atoms with Crippen molar-refractivity contribution in [2.75, 3.05) is 0 Å². The molecule has 2 heterocycles. The average molecular weight is 208 g/mol. The molecule has 2 nitrogen and oxygen atoms in total. The number of rotatable bonds is 1. The van der Waals surface area contributed by atoms with Gasteiger partial charge in [0.2, 0.25) is 0 Å². The summed E-state index contributed by atoms with van der Waals surface area (Å²) in [7, 11) is 0. The molecular formula is C11H12O2S. The lowest BCUT2D eigenvalue weighted by Crippen LogP contribution is -2.11. The second-order valence-electron chi connectivity index (χ2n) is 3.47. The summed E-state index contributed by atoms with van der Waals surface area (Å²) in [6, 6.07) is 2.11. The molecule has 1 aliphatic heterocycles. The summed E-state index contributed by atoms with van der Waals surface area (Å²) in [5.74, 6) is 0.143. The molecule has 0 aromatic carbocycles. The fraction of sp³-hybridized carbons (Fsp3) is 0.364. The Bertz CT molecular complexity index is 390. The van der Waals surface area contributed by atoms with Crippen LogP contribution in [0.15, 0.2) is 18.4 Å². The molecule has 0 aliphatic carbocycles. The molecule has 3 heteroatoms. The van der Waals surface area contributed by atoms with Crippen LogP contribution in [0.2, 0.25) is 0 Å². The van der Waals surface area contributed by atoms with E-state index in [1.54, 1.807) is 11.3 Å². The monoisotopic (exact) mass is 208 g/mol. The number of carbonyl (C=O) groups excluding carboxylic acids is 1. The molecule has 1 unspecified atom stereocenters. The van der Waals surface area contributed by atoms with Gasteiger partial charge in [-0.15, -0.1) is 11.3 Å². The third kappa shape index (κ3) is 1.73. The van der Waals surface area contributed by atoms with Crippen molar-refractivity contribution in [3.05, 3.63) is 33.7 Å². The molecule has 0 amide bonds. The lowest BCUT2D eigenvalue weighted by atomic mass is 10.0. The summed E-state index contributed by atoms with van der Waals surface area (Å²) in [6.07, 6.45) is 3.39. The number of carbonyl (C=O) groups is 1. The molecule has 1 aromatic rings. The minimum Gasteiger partial charge on any atom is -0.493 e. The lowest BCUT2D eigenvalue weighted by Gasteiger charge is -2.18. The minimum atomic E-state index is -0.0718. The average Bonchev–Trinajstić information content (AvgIpc) is 2.45. The molecule has 0 saturated carbocycles. The number of hydrogen-bond donors (Lipinski definition) is 0. The van der Waals surface area contributed by atoms with Crippen LogP contribution >= 0.6 is 11.3 Å². The van der Waals surface area contributed by atoms with Crippen LogP contribution in [0.1, 0.15) is 27.8 Å². The van der Waals surface area contributed by atoms with Gasteiger partial charge in [-0.3, -0.25) is 4.79 Å². The zero-order chi connectivity index (χ0) is 10.1. The van der Waals surface area contributed by atoms with Crippen LogP contribution < -0.4 is 0 Å². The highest BCUT2D eigenvalue weighted by Gasteiger charge is 2.21. The van der Waals surface area contributed by atoms with Gasteiger partial charge in [-0.2, -0.15) is 0 Å². The van der Waals surface area contributed by atoms with Gasteiger partial charge in [0.1, 0.15) is 6.10 Å². The highest BCUT2D eigenvalue weighted by molar-refractivity contribution is 7.12. The van der Waals surface area contributed by atoms with E-state index in [1.807, 2.05) is 0 Å². The topological polar surface area (TPSA) is 26.3 Å². The fourth-order valence-electron chi connectivity index (χ4n) is 1.66. The number of ketones is 1. The van der Waals surface area contributed by atoms with E-state index in [0.29, 0.717) is 6.42 Å². The first-order valence-electron chi connectivity index (χ1n) is 4.58. The summed E-state index contributed by atoms with van der Waals surface area (Å²) in [6.45, 7) is 4.14. The maximum atomic E-state index is 11.2. The molecule has 1 atom stereocenters. The van der Waals surface area contributed by atoms with E-state index in [0.717, 1.165) is 5.56 Å². The highest BCUT2D eigenvalue weighted by atomic mass is 32.1. The van der Waals surface area contributed by atoms with Crippen LogP contribution in [0.5, 0.6) is 0 Å². The number of allylic oxidation sites excluding steroid dienone is 1. The van der Waals surface area contributed by atoms with Gasteiger partial charge in [-0.05, 0) is 19.9 Å². The molecule has 0 bridgehead atoms. The van der Waals surface area contributed by atoms with Gasteiger partial charge in [0.25, 0.3) is 0 Å². The molecule has 0 radical (unpaired) electrons. The Morgan fingerprint density at radius 2 is 2.29 bits per heavy atom. The van der Waals surface area contributed by atoms with E-state index in [2.05, 4.69) is 19.9 Å². The number of aryl methyl sites for hydroxylation is 2. The quantitative estimate of drug-likeness (QED) is 0.709. The Balaban J connectivity index is 2.27. The largest absolute Gasteiger partial charge is 0.493 e. The SMILES string of the molecule is Cc1cc(C2CC(=O)C=CO2)c(C)s1. The number of thiophene rings is 1. The van der Waals surface area contributed by atoms with Crippen LogP contribution in [0.4, 0.5) is 0 Å². The molecule has 2 rings (SSSR count). The van der Waals surface area contributed by atoms with Gasteiger partial charge in [-0.25, -0.2) is 0 Å². The van der Waals surface area contributed by atoms with Crippen LogP contribution in [-0.2, 0) is 9.53 Å². The van der Waals surface area contributed by atoms with Crippen molar-refractivity contribution >= 4 is 17.1 Å². The molecule has 0 saturated heterocycles. The number of ether oxygens (including phenoxy) is 1. The molecule has 0 spiro atoms. The highest BCUT2D eigenvalue weighted by Crippen LogP contribution is 2.32. The zero-order valence-corrected chi connectivity index (χ0v) is 9.06. The first-order valence-corrected chi connectivity index (χ1v) is 5.40. The second kappa shape index (κ2) is 3.58. The van der Waals surface area contributed by atoms with Crippen LogP contribution in [0.3, 0.4) is 0 Å². The standard InChI is InChI=1S/C11H12O2S/c1-7-5-10(8(2)14-7)11-6-9(12)3-4-13-11/h3-5,11H,6H2,1-2H3. The van der Waals surface area contributed by atoms with E-state index < -0.39 is 0 Å². The maximum absolute atomic E-state index is 11.2. The predicted molar refractivity (Wildman–Crippen MR) is 56.4 cm³/mol. The smallest absolute Gasteiger partial charge is 0.162 e. The summed E-state index contributed by atoms with van der Waals surface area (Å²) in [4.78, 5) is 13.7. The molecule has 1 aromatic heterocycles. The van der Waals surface area contributed by atoms with Gasteiger partial charge in [-0.1, -0.05) is 0 Å². The molecule has 0 N–H and O–H groups in total. The van der Waals surface area contributed by atoms with Gasteiger partial charge in [0, 0.05) is 21.4 Å². The molecule has 0 fully saturated rings. The van der Waals surface area contributed by atoms with Crippen LogP contribution in [0, 0.1) is 13.8 Å². The molecule has 74 valence electrons. The summed E-state index contributed by atoms with van der Waals surface area (Å²) in [5.41, 5.74) is 1.16. The minimum absolute atomic E-state index is 0.0718. The first-order chi connectivity index (χ1) is 6.66. The van der Waals surface area contributed by atoms with E-state index in [9.17, 15) is 4.79 Å². The second-order valence-corrected chi connectivity index (χ2v) is 4.93. The Morgan fingerprint density at radius 3 is 2.86 bits per heavy atom. The van der Waals surface area contributed by atoms with Gasteiger partial charge >= 0.3 is 0 Å². The molecule has 14 heavy (non-hydrogen) atoms. The first kappa shape index (κ1) is 9.46. The molecule has 1 aliphatic rings. The van der Waals surface area contributed by atoms with Crippen molar-refractivity contribution in [2.45, 2.75) is 26.4 Å². The van der Waals surface area contributed by atoms with Gasteiger partial charge in [0.15, 0.2) is 5.78 Å². The van der Waals surface area contributed by atoms with Crippen molar-refractivity contribution in [3.8, 4) is 0 Å². The lowest BCUT2D eigenvalue weighted by molar-refractivity contribution is -0.118. The van der Waals surface area contributed by atoms with Crippen molar-refractivity contribution in [1.82, 2.24) is 0 Å². The summed E-state index contributed by atoms with van der Waals surface area (Å²) >= 11 is 1.75. The van der Waals surface area contributed by atoms with Crippen molar-refractivity contribution in [2.24, 2.45) is 0 Å². The fourth-order valence-corrected chi connectivity index (χ4v) is 2.64. The van der Waals surface area contributed by atoms with Crippen molar-refractivity contribution < 1.29 is 9.53 Å². The molecular weight excluding hydrogens is 196 g/mol. The van der Waals surface area contributed by atoms with E-state index >= 15 is 0 Å². The summed E-state index contributed by atoms with van der Waals surface area (Å²) in [5, 5.41) is 0. The third-order valence-corrected chi connectivity index (χ3v) is 3.29. The predicted octanol–water partition coefficient (Wildman–Crippen LogP) is 2.91. The van der Waals surface area contributed by atoms with Crippen LogP contribution in [0.25, 0.3) is 0 Å². The Morgan fingerprint density at radius 1 is 1.50 bits per heavy atom. The van der Waals surface area contributed by atoms with Crippen molar-refractivity contribution in [1.29, 1.82) is 0 Å². The zero-order valence-electron chi connectivity index (χ0n) is 8.24. The Labute approximate surface area is 87.2 Å². The van der Waals surface area contributed by atoms with Crippen molar-refractivity contribution in [3.63, 3.8) is 0 Å². The Hall–Kier alpha value is -1.09. The normalized spacial score (nSPS) is 21.0. The van der Waals surface area contributed by atoms with E-state index in [-0.39, 0.29) is 11.9 Å². The third-order valence-electron chi connectivity index (χ3n) is 2.31. The van der Waals surface area contributed by atoms with E-state index in [1.165, 1.54) is 22.1 Å².